The Morgan fingerprint density at radius 2 is 1.94 bits per heavy atom. The molecule has 0 radical (unpaired) electrons. The number of hydrogen-bond acceptors (Lipinski definition) is 4. The van der Waals surface area contributed by atoms with Crippen LogP contribution < -0.4 is 5.32 Å². The lowest BCUT2D eigenvalue weighted by Crippen LogP contribution is -2.35. The molecule has 1 fully saturated rings. The minimum absolute atomic E-state index is 0.164. The molecule has 2 N–H and O–H groups in total. The minimum Gasteiger partial charge on any atom is -0.396 e. The second-order valence-corrected chi connectivity index (χ2v) is 5.00. The molecule has 0 aliphatic heterocycles. The molecule has 0 saturated heterocycles. The van der Waals surface area contributed by atoms with Crippen LogP contribution in [0.2, 0.25) is 0 Å². The topological polar surface area (TPSA) is 50.7 Å². The van der Waals surface area contributed by atoms with Gasteiger partial charge < -0.3 is 19.9 Å². The fourth-order valence-electron chi connectivity index (χ4n) is 2.41. The van der Waals surface area contributed by atoms with Crippen LogP contribution in [0.15, 0.2) is 0 Å². The number of aliphatic hydroxyl groups excluding tert-OH is 1. The first-order valence-corrected chi connectivity index (χ1v) is 6.71. The Balaban J connectivity index is 1.92. The molecule has 17 heavy (non-hydrogen) atoms. The van der Waals surface area contributed by atoms with Gasteiger partial charge in [0.05, 0.1) is 13.2 Å². The Kier molecular flexibility index (Phi) is 7.77. The summed E-state index contributed by atoms with van der Waals surface area (Å²) < 4.78 is 10.3. The van der Waals surface area contributed by atoms with Gasteiger partial charge in [-0.05, 0) is 25.8 Å². The van der Waals surface area contributed by atoms with Crippen molar-refractivity contribution >= 4 is 0 Å². The lowest BCUT2D eigenvalue weighted by molar-refractivity contribution is 0.0686. The van der Waals surface area contributed by atoms with Gasteiger partial charge in [0.2, 0.25) is 0 Å². The van der Waals surface area contributed by atoms with Gasteiger partial charge >= 0.3 is 0 Å². The fraction of sp³-hybridized carbons (Fsp3) is 1.00. The maximum Gasteiger partial charge on any atom is 0.0700 e. The van der Waals surface area contributed by atoms with Gasteiger partial charge in [-0.15, -0.1) is 0 Å². The van der Waals surface area contributed by atoms with E-state index >= 15 is 0 Å². The third-order valence-electron chi connectivity index (χ3n) is 3.57. The van der Waals surface area contributed by atoms with E-state index in [-0.39, 0.29) is 5.41 Å². The highest BCUT2D eigenvalue weighted by Gasteiger charge is 2.32. The van der Waals surface area contributed by atoms with Gasteiger partial charge in [0, 0.05) is 32.3 Å². The average molecular weight is 245 g/mol. The second kappa shape index (κ2) is 8.86. The van der Waals surface area contributed by atoms with E-state index in [1.165, 1.54) is 25.7 Å². The molecular formula is C13H27NO3. The van der Waals surface area contributed by atoms with Crippen LogP contribution in [0.1, 0.15) is 32.1 Å². The zero-order chi connectivity index (χ0) is 12.4. The SMILES string of the molecule is COCCOCCCNCC1(CO)CCCC1. The van der Waals surface area contributed by atoms with Crippen LogP contribution in [0.4, 0.5) is 0 Å². The summed E-state index contributed by atoms with van der Waals surface area (Å²) in [6.07, 6.45) is 5.89. The molecule has 0 spiro atoms. The summed E-state index contributed by atoms with van der Waals surface area (Å²) in [5.41, 5.74) is 0.164. The summed E-state index contributed by atoms with van der Waals surface area (Å²) in [5.74, 6) is 0. The number of ether oxygens (including phenoxy) is 2. The first kappa shape index (κ1) is 14.9. The normalized spacial score (nSPS) is 18.7. The molecular weight excluding hydrogens is 218 g/mol. The Morgan fingerprint density at radius 3 is 2.59 bits per heavy atom. The fourth-order valence-corrected chi connectivity index (χ4v) is 2.41. The molecule has 0 atom stereocenters. The highest BCUT2D eigenvalue weighted by molar-refractivity contribution is 4.85. The number of rotatable bonds is 10. The first-order chi connectivity index (χ1) is 8.33. The van der Waals surface area contributed by atoms with Crippen molar-refractivity contribution in [2.24, 2.45) is 5.41 Å². The van der Waals surface area contributed by atoms with E-state index in [1.807, 2.05) is 0 Å². The number of nitrogens with one attached hydrogen (secondary N) is 1. The van der Waals surface area contributed by atoms with E-state index in [1.54, 1.807) is 7.11 Å². The molecule has 1 aliphatic carbocycles. The summed E-state index contributed by atoms with van der Waals surface area (Å²) >= 11 is 0. The molecule has 4 heteroatoms. The maximum absolute atomic E-state index is 9.44. The van der Waals surface area contributed by atoms with Crippen molar-refractivity contribution in [1.29, 1.82) is 0 Å². The van der Waals surface area contributed by atoms with Crippen LogP contribution in [0.3, 0.4) is 0 Å². The number of aliphatic hydroxyl groups is 1. The van der Waals surface area contributed by atoms with E-state index in [9.17, 15) is 5.11 Å². The van der Waals surface area contributed by atoms with Crippen molar-refractivity contribution in [3.05, 3.63) is 0 Å². The summed E-state index contributed by atoms with van der Waals surface area (Å²) in [6, 6.07) is 0. The van der Waals surface area contributed by atoms with Crippen LogP contribution in [0, 0.1) is 5.41 Å². The molecule has 1 rings (SSSR count). The molecule has 1 aliphatic rings. The van der Waals surface area contributed by atoms with Crippen molar-refractivity contribution in [2.75, 3.05) is 46.6 Å². The van der Waals surface area contributed by atoms with E-state index in [0.717, 1.165) is 26.1 Å². The molecule has 0 aromatic carbocycles. The van der Waals surface area contributed by atoms with Gasteiger partial charge in [0.1, 0.15) is 0 Å². The predicted molar refractivity (Wildman–Crippen MR) is 68.2 cm³/mol. The number of methoxy groups -OCH3 is 1. The summed E-state index contributed by atoms with van der Waals surface area (Å²) in [5, 5.41) is 12.9. The van der Waals surface area contributed by atoms with E-state index in [2.05, 4.69) is 5.32 Å². The van der Waals surface area contributed by atoms with Crippen LogP contribution in [0.25, 0.3) is 0 Å². The smallest absolute Gasteiger partial charge is 0.0700 e. The summed E-state index contributed by atoms with van der Waals surface area (Å²) in [6.45, 7) is 4.36. The molecule has 0 bridgehead atoms. The Hall–Kier alpha value is -0.160. The predicted octanol–water partition coefficient (Wildman–Crippen LogP) is 1.18. The standard InChI is InChI=1S/C13H27NO3/c1-16-9-10-17-8-4-7-14-11-13(12-15)5-2-3-6-13/h14-15H,2-12H2,1H3. The van der Waals surface area contributed by atoms with Gasteiger partial charge in [0.25, 0.3) is 0 Å². The maximum atomic E-state index is 9.44. The minimum atomic E-state index is 0.164. The quantitative estimate of drug-likeness (QED) is 0.568. The zero-order valence-corrected chi connectivity index (χ0v) is 11.0. The Bertz CT molecular complexity index is 182. The third-order valence-corrected chi connectivity index (χ3v) is 3.57. The zero-order valence-electron chi connectivity index (χ0n) is 11.0. The molecule has 102 valence electrons. The van der Waals surface area contributed by atoms with Crippen LogP contribution in [-0.4, -0.2) is 51.7 Å². The van der Waals surface area contributed by atoms with Crippen molar-refractivity contribution in [1.82, 2.24) is 5.32 Å². The largest absolute Gasteiger partial charge is 0.396 e. The molecule has 0 heterocycles. The van der Waals surface area contributed by atoms with Crippen LogP contribution >= 0.6 is 0 Å². The van der Waals surface area contributed by atoms with Gasteiger partial charge in [-0.2, -0.15) is 0 Å². The molecule has 0 unspecified atom stereocenters. The van der Waals surface area contributed by atoms with Crippen LogP contribution in [-0.2, 0) is 9.47 Å². The average Bonchev–Trinajstić information content (AvgIpc) is 2.82. The van der Waals surface area contributed by atoms with Crippen molar-refractivity contribution in [3.8, 4) is 0 Å². The van der Waals surface area contributed by atoms with Crippen molar-refractivity contribution in [2.45, 2.75) is 32.1 Å². The second-order valence-electron chi connectivity index (χ2n) is 5.00. The molecule has 1 saturated carbocycles. The molecule has 4 nitrogen and oxygen atoms in total. The van der Waals surface area contributed by atoms with Gasteiger partial charge in [-0.3, -0.25) is 0 Å². The Labute approximate surface area is 105 Å². The van der Waals surface area contributed by atoms with E-state index in [4.69, 9.17) is 9.47 Å². The highest BCUT2D eigenvalue weighted by atomic mass is 16.5. The van der Waals surface area contributed by atoms with Gasteiger partial charge in [-0.1, -0.05) is 12.8 Å². The monoisotopic (exact) mass is 245 g/mol. The first-order valence-electron chi connectivity index (χ1n) is 6.71. The van der Waals surface area contributed by atoms with Gasteiger partial charge in [-0.25, -0.2) is 0 Å². The van der Waals surface area contributed by atoms with Crippen molar-refractivity contribution in [3.63, 3.8) is 0 Å². The molecule has 0 aromatic heterocycles. The van der Waals surface area contributed by atoms with Crippen molar-refractivity contribution < 1.29 is 14.6 Å². The molecule has 0 amide bonds. The third kappa shape index (κ3) is 5.82. The lowest BCUT2D eigenvalue weighted by atomic mass is 9.87. The van der Waals surface area contributed by atoms with Crippen LogP contribution in [0.5, 0.6) is 0 Å². The Morgan fingerprint density at radius 1 is 1.18 bits per heavy atom. The molecule has 0 aromatic rings. The van der Waals surface area contributed by atoms with E-state index < -0.39 is 0 Å². The van der Waals surface area contributed by atoms with E-state index in [0.29, 0.717) is 19.8 Å². The number of hydrogen-bond donors (Lipinski definition) is 2. The summed E-state index contributed by atoms with van der Waals surface area (Å²) in [7, 11) is 1.68. The summed E-state index contributed by atoms with van der Waals surface area (Å²) in [4.78, 5) is 0. The van der Waals surface area contributed by atoms with Gasteiger partial charge in [0.15, 0.2) is 0 Å². The highest BCUT2D eigenvalue weighted by Crippen LogP contribution is 2.36. The lowest BCUT2D eigenvalue weighted by Gasteiger charge is -2.26.